The van der Waals surface area contributed by atoms with Gasteiger partial charge in [0.05, 0.1) is 0 Å². The molecule has 1 aromatic heterocycles. The van der Waals surface area contributed by atoms with E-state index in [2.05, 4.69) is 4.98 Å². The first kappa shape index (κ1) is 32.2. The molecule has 38 heavy (non-hydrogen) atoms. The van der Waals surface area contributed by atoms with Crippen molar-refractivity contribution in [3.05, 3.63) is 77.8 Å². The molecule has 0 aliphatic carbocycles. The van der Waals surface area contributed by atoms with Crippen LogP contribution in [0.4, 0.5) is 0 Å². The van der Waals surface area contributed by atoms with E-state index in [0.717, 1.165) is 31.3 Å². The number of carbonyl (C=O) groups is 3. The monoisotopic (exact) mass is 749 g/mol. The third-order valence-electron chi connectivity index (χ3n) is 6.13. The van der Waals surface area contributed by atoms with Crippen LogP contribution >= 0.6 is 11.8 Å². The molecule has 1 fully saturated rings. The molecule has 1 radical (unpaired) electrons. The number of piperidine rings is 1. The minimum absolute atomic E-state index is 0. The molecule has 2 heterocycles. The van der Waals surface area contributed by atoms with Crippen LogP contribution in [0.3, 0.4) is 0 Å². The zero-order valence-electron chi connectivity index (χ0n) is 21.2. The Kier molecular flexibility index (Phi) is 14.3. The standard InChI is InChI=1S/C17H24N3O2S.C11H8O3.Ac/c18-6-10-23-13-15(17(22)14-5-4-7-19-12-14)11-16(21)20-8-2-1-3-9-20;12-9-6-5-7-3-1-2-4-8(7)10(9)11(13)14;/h4-5,7,12,15,18H,1-3,6,8-11,13H2;1-6,12H,(H,13,14);/q-1;;. The summed E-state index contributed by atoms with van der Waals surface area (Å²) in [6.07, 6.45) is 6.76. The minimum Gasteiger partial charge on any atom is -0.677 e. The van der Waals surface area contributed by atoms with Crippen molar-refractivity contribution in [3.63, 3.8) is 0 Å². The van der Waals surface area contributed by atoms with Gasteiger partial charge in [-0.2, -0.15) is 11.8 Å². The van der Waals surface area contributed by atoms with E-state index in [9.17, 15) is 19.5 Å². The van der Waals surface area contributed by atoms with Crippen LogP contribution in [0.15, 0.2) is 60.9 Å². The predicted molar refractivity (Wildman–Crippen MR) is 146 cm³/mol. The van der Waals surface area contributed by atoms with Gasteiger partial charge in [0.15, 0.2) is 5.78 Å². The molecular formula is C28H32AcN3O5S-. The van der Waals surface area contributed by atoms with E-state index in [1.54, 1.807) is 60.6 Å². The summed E-state index contributed by atoms with van der Waals surface area (Å²) in [6.45, 7) is 1.96. The second-order valence-corrected chi connectivity index (χ2v) is 9.91. The molecule has 1 aliphatic rings. The molecule has 4 rings (SSSR count). The molecule has 8 nitrogen and oxygen atoms in total. The number of aromatic carboxylic acids is 1. The van der Waals surface area contributed by atoms with Gasteiger partial charge < -0.3 is 20.8 Å². The molecule has 1 aliphatic heterocycles. The summed E-state index contributed by atoms with van der Waals surface area (Å²) in [6, 6.07) is 13.6. The van der Waals surface area contributed by atoms with E-state index in [1.165, 1.54) is 12.5 Å². The van der Waals surface area contributed by atoms with Crippen LogP contribution in [0.25, 0.3) is 16.5 Å². The molecule has 3 aromatic rings. The number of nitrogens with zero attached hydrogens (tertiary/aromatic N) is 2. The summed E-state index contributed by atoms with van der Waals surface area (Å²) in [5, 5.41) is 19.7. The Labute approximate surface area is 262 Å². The van der Waals surface area contributed by atoms with Crippen LogP contribution in [0.5, 0.6) is 5.75 Å². The number of fused-ring (bicyclic) bond motifs is 1. The molecule has 1 atom stereocenters. The third-order valence-corrected chi connectivity index (χ3v) is 7.26. The number of aromatic nitrogens is 1. The topological polar surface area (TPSA) is 132 Å². The van der Waals surface area contributed by atoms with Gasteiger partial charge in [-0.05, 0) is 54.0 Å². The van der Waals surface area contributed by atoms with Gasteiger partial charge in [0, 0.05) is 93.2 Å². The van der Waals surface area contributed by atoms with E-state index >= 15 is 0 Å². The Hall–Kier alpha value is -1.99. The number of nitrogens with one attached hydrogen (secondary N) is 1. The van der Waals surface area contributed by atoms with Crippen LogP contribution in [-0.2, 0) is 4.79 Å². The third kappa shape index (κ3) is 9.34. The minimum atomic E-state index is -1.11. The van der Waals surface area contributed by atoms with Crippen LogP contribution < -0.4 is 0 Å². The number of thioether (sulfide) groups is 1. The number of carboxylic acid groups (broad SMARTS) is 1. The van der Waals surface area contributed by atoms with Gasteiger partial charge in [0.2, 0.25) is 5.91 Å². The zero-order chi connectivity index (χ0) is 26.6. The van der Waals surface area contributed by atoms with E-state index in [-0.39, 0.29) is 79.4 Å². The predicted octanol–water partition coefficient (Wildman–Crippen LogP) is 5.31. The fourth-order valence-electron chi connectivity index (χ4n) is 4.24. The molecule has 1 unspecified atom stereocenters. The zero-order valence-corrected chi connectivity index (χ0v) is 26.8. The van der Waals surface area contributed by atoms with E-state index in [1.807, 2.05) is 11.0 Å². The first-order valence-corrected chi connectivity index (χ1v) is 13.5. The van der Waals surface area contributed by atoms with Gasteiger partial charge in [0.1, 0.15) is 11.3 Å². The molecule has 0 saturated carbocycles. The summed E-state index contributed by atoms with van der Waals surface area (Å²) in [5.74, 6) is -0.291. The van der Waals surface area contributed by atoms with Gasteiger partial charge in [-0.1, -0.05) is 30.3 Å². The number of hydrogen-bond donors (Lipinski definition) is 2. The normalized spacial score (nSPS) is 13.6. The van der Waals surface area contributed by atoms with Gasteiger partial charge in [-0.3, -0.25) is 14.6 Å². The van der Waals surface area contributed by atoms with Crippen LogP contribution in [0, 0.1) is 50.0 Å². The van der Waals surface area contributed by atoms with Crippen LogP contribution in [-0.4, -0.2) is 68.9 Å². The summed E-state index contributed by atoms with van der Waals surface area (Å²) >= 11 is 1.57. The van der Waals surface area contributed by atoms with Crippen LogP contribution in [0.1, 0.15) is 46.4 Å². The maximum Gasteiger partial charge on any atom is 0.340 e. The Balaban J connectivity index is 0.000000289. The number of hydrogen-bond acceptors (Lipinski definition) is 6. The number of aromatic hydroxyl groups is 1. The molecule has 199 valence electrons. The number of phenols is 1. The Morgan fingerprint density at radius 1 is 1.03 bits per heavy atom. The largest absolute Gasteiger partial charge is 0.677 e. The van der Waals surface area contributed by atoms with Crippen molar-refractivity contribution in [2.75, 3.05) is 31.1 Å². The van der Waals surface area contributed by atoms with Crippen LogP contribution in [0.2, 0.25) is 0 Å². The maximum absolute atomic E-state index is 12.7. The van der Waals surface area contributed by atoms with Gasteiger partial charge in [-0.25, -0.2) is 4.79 Å². The molecule has 10 heteroatoms. The number of pyridine rings is 1. The van der Waals surface area contributed by atoms with Crippen molar-refractivity contribution in [2.45, 2.75) is 25.7 Å². The van der Waals surface area contributed by atoms with Gasteiger partial charge in [-0.15, -0.1) is 6.54 Å². The van der Waals surface area contributed by atoms with Gasteiger partial charge >= 0.3 is 5.97 Å². The first-order chi connectivity index (χ1) is 17.9. The van der Waals surface area contributed by atoms with E-state index in [4.69, 9.17) is 10.8 Å². The molecule has 0 spiro atoms. The molecular weight excluding hydrogens is 717 g/mol. The molecule has 0 bridgehead atoms. The van der Waals surface area contributed by atoms with Crippen molar-refractivity contribution in [3.8, 4) is 5.75 Å². The second-order valence-electron chi connectivity index (χ2n) is 8.76. The molecule has 1 saturated heterocycles. The molecule has 3 N–H and O–H groups in total. The number of carbonyl (C=O) groups excluding carboxylic acids is 2. The number of Topliss-reactive ketones (excluding diaryl/α,β-unsaturated/α-hetero) is 1. The Bertz CT molecular complexity index is 1210. The van der Waals surface area contributed by atoms with E-state index in [0.29, 0.717) is 29.0 Å². The summed E-state index contributed by atoms with van der Waals surface area (Å²) < 4.78 is 0. The average Bonchev–Trinajstić information content (AvgIpc) is 2.93. The molecule has 2 aromatic carbocycles. The fourth-order valence-corrected chi connectivity index (χ4v) is 5.10. The van der Waals surface area contributed by atoms with Crippen molar-refractivity contribution < 1.29 is 68.7 Å². The summed E-state index contributed by atoms with van der Waals surface area (Å²) in [7, 11) is 0. The van der Waals surface area contributed by atoms with Crippen molar-refractivity contribution in [1.29, 1.82) is 0 Å². The van der Waals surface area contributed by atoms with Crippen molar-refractivity contribution >= 4 is 40.2 Å². The first-order valence-electron chi connectivity index (χ1n) is 12.3. The fraction of sp³-hybridized carbons (Fsp3) is 0.357. The Morgan fingerprint density at radius 2 is 1.76 bits per heavy atom. The number of ketones is 1. The van der Waals surface area contributed by atoms with Crippen molar-refractivity contribution in [1.82, 2.24) is 9.88 Å². The number of amides is 1. The SMILES string of the molecule is O=C(O)c1c(O)ccc2ccccc12.[Ac].[NH-]CCSCC(CC(=O)N1CCCCC1)C(=O)c1cccnc1. The number of rotatable bonds is 9. The number of carboxylic acids is 1. The molecule has 1 amide bonds. The number of benzene rings is 2. The number of likely N-dealkylation sites (tertiary alicyclic amines) is 1. The van der Waals surface area contributed by atoms with Crippen molar-refractivity contribution in [2.24, 2.45) is 5.92 Å². The Morgan fingerprint density at radius 3 is 2.42 bits per heavy atom. The average molecular weight is 750 g/mol. The summed E-state index contributed by atoms with van der Waals surface area (Å²) in [5.41, 5.74) is 7.76. The quantitative estimate of drug-likeness (QED) is 0.224. The van der Waals surface area contributed by atoms with Gasteiger partial charge in [0.25, 0.3) is 0 Å². The summed E-state index contributed by atoms with van der Waals surface area (Å²) in [4.78, 5) is 41.9. The van der Waals surface area contributed by atoms with E-state index < -0.39 is 5.97 Å². The second kappa shape index (κ2) is 16.9. The maximum atomic E-state index is 12.7. The smallest absolute Gasteiger partial charge is 0.340 e.